The Morgan fingerprint density at radius 3 is 2.94 bits per heavy atom. The standard InChI is InChI=1S/C15H19NO2/c1-11(17)18-10-8-14-6-5-12-3-2-4-13-7-9-16(14)15(12)13/h2-4,14H,5-10H2,1H3. The first kappa shape index (κ1) is 11.6. The maximum absolute atomic E-state index is 10.8. The highest BCUT2D eigenvalue weighted by atomic mass is 16.5. The van der Waals surface area contributed by atoms with Gasteiger partial charge in [0.1, 0.15) is 0 Å². The minimum absolute atomic E-state index is 0.173. The van der Waals surface area contributed by atoms with Gasteiger partial charge in [-0.25, -0.2) is 0 Å². The second-order valence-electron chi connectivity index (χ2n) is 5.19. The van der Waals surface area contributed by atoms with Gasteiger partial charge >= 0.3 is 5.97 Å². The van der Waals surface area contributed by atoms with Gasteiger partial charge in [0.15, 0.2) is 0 Å². The lowest BCUT2D eigenvalue weighted by atomic mass is 9.94. The first-order chi connectivity index (χ1) is 8.75. The number of hydrogen-bond donors (Lipinski definition) is 0. The molecule has 0 saturated heterocycles. The van der Waals surface area contributed by atoms with Crippen molar-refractivity contribution in [2.75, 3.05) is 18.1 Å². The molecule has 3 nitrogen and oxygen atoms in total. The fourth-order valence-corrected chi connectivity index (χ4v) is 3.25. The molecule has 18 heavy (non-hydrogen) atoms. The first-order valence-corrected chi connectivity index (χ1v) is 6.76. The maximum atomic E-state index is 10.8. The Balaban J connectivity index is 1.73. The predicted octanol–water partition coefficient (Wildman–Crippen LogP) is 2.32. The molecule has 0 N–H and O–H groups in total. The van der Waals surface area contributed by atoms with Gasteiger partial charge in [-0.05, 0) is 30.4 Å². The Hall–Kier alpha value is -1.51. The molecule has 0 amide bonds. The van der Waals surface area contributed by atoms with E-state index in [1.165, 1.54) is 30.2 Å². The van der Waals surface area contributed by atoms with Crippen molar-refractivity contribution >= 4 is 11.7 Å². The molecule has 0 aliphatic carbocycles. The minimum atomic E-state index is -0.173. The molecule has 0 radical (unpaired) electrons. The third-order valence-electron chi connectivity index (χ3n) is 4.06. The third kappa shape index (κ3) is 1.98. The van der Waals surface area contributed by atoms with Crippen molar-refractivity contribution in [3.05, 3.63) is 29.3 Å². The number of ether oxygens (including phenoxy) is 1. The largest absolute Gasteiger partial charge is 0.466 e. The van der Waals surface area contributed by atoms with Gasteiger partial charge in [0.05, 0.1) is 6.61 Å². The molecule has 0 bridgehead atoms. The molecule has 3 heteroatoms. The third-order valence-corrected chi connectivity index (χ3v) is 4.06. The van der Waals surface area contributed by atoms with Gasteiger partial charge < -0.3 is 9.64 Å². The smallest absolute Gasteiger partial charge is 0.302 e. The van der Waals surface area contributed by atoms with Crippen molar-refractivity contribution in [3.63, 3.8) is 0 Å². The summed E-state index contributed by atoms with van der Waals surface area (Å²) >= 11 is 0. The second kappa shape index (κ2) is 4.63. The van der Waals surface area contributed by atoms with E-state index in [4.69, 9.17) is 4.74 Å². The van der Waals surface area contributed by atoms with E-state index in [-0.39, 0.29) is 5.97 Å². The Morgan fingerprint density at radius 2 is 2.17 bits per heavy atom. The average molecular weight is 245 g/mol. The zero-order valence-electron chi connectivity index (χ0n) is 10.8. The van der Waals surface area contributed by atoms with Crippen molar-refractivity contribution in [3.8, 4) is 0 Å². The van der Waals surface area contributed by atoms with Crippen LogP contribution in [0.4, 0.5) is 5.69 Å². The summed E-state index contributed by atoms with van der Waals surface area (Å²) in [4.78, 5) is 13.3. The van der Waals surface area contributed by atoms with Crippen LogP contribution in [0.15, 0.2) is 18.2 Å². The molecule has 0 saturated carbocycles. The van der Waals surface area contributed by atoms with Gasteiger partial charge in [-0.2, -0.15) is 0 Å². The zero-order chi connectivity index (χ0) is 12.5. The lowest BCUT2D eigenvalue weighted by Gasteiger charge is -2.36. The molecule has 2 heterocycles. The van der Waals surface area contributed by atoms with Crippen LogP contribution in [0.1, 0.15) is 30.9 Å². The molecule has 1 aromatic carbocycles. The summed E-state index contributed by atoms with van der Waals surface area (Å²) < 4.78 is 5.08. The lowest BCUT2D eigenvalue weighted by Crippen LogP contribution is -2.38. The van der Waals surface area contributed by atoms with Crippen molar-refractivity contribution < 1.29 is 9.53 Å². The topological polar surface area (TPSA) is 29.5 Å². The molecule has 96 valence electrons. The maximum Gasteiger partial charge on any atom is 0.302 e. The first-order valence-electron chi connectivity index (χ1n) is 6.76. The molecular formula is C15H19NO2. The highest BCUT2D eigenvalue weighted by Gasteiger charge is 2.31. The highest BCUT2D eigenvalue weighted by molar-refractivity contribution is 5.66. The van der Waals surface area contributed by atoms with Crippen LogP contribution in [0.5, 0.6) is 0 Å². The summed E-state index contributed by atoms with van der Waals surface area (Å²) in [5.41, 5.74) is 4.45. The van der Waals surface area contributed by atoms with Crippen LogP contribution in [0.25, 0.3) is 0 Å². The molecule has 2 aliphatic rings. The second-order valence-corrected chi connectivity index (χ2v) is 5.19. The summed E-state index contributed by atoms with van der Waals surface area (Å²) in [6.07, 6.45) is 4.45. The van der Waals surface area contributed by atoms with E-state index >= 15 is 0 Å². The fourth-order valence-electron chi connectivity index (χ4n) is 3.25. The van der Waals surface area contributed by atoms with Crippen molar-refractivity contribution in [1.29, 1.82) is 0 Å². The van der Waals surface area contributed by atoms with Gasteiger partial charge in [-0.15, -0.1) is 0 Å². The fraction of sp³-hybridized carbons (Fsp3) is 0.533. The van der Waals surface area contributed by atoms with Gasteiger partial charge in [0.25, 0.3) is 0 Å². The van der Waals surface area contributed by atoms with Gasteiger partial charge in [-0.1, -0.05) is 18.2 Å². The average Bonchev–Trinajstić information content (AvgIpc) is 2.78. The summed E-state index contributed by atoms with van der Waals surface area (Å²) in [6.45, 7) is 3.15. The summed E-state index contributed by atoms with van der Waals surface area (Å²) in [7, 11) is 0. The molecule has 0 spiro atoms. The number of aryl methyl sites for hydroxylation is 1. The number of benzene rings is 1. The normalized spacial score (nSPS) is 20.7. The monoisotopic (exact) mass is 245 g/mol. The minimum Gasteiger partial charge on any atom is -0.466 e. The van der Waals surface area contributed by atoms with Crippen LogP contribution >= 0.6 is 0 Å². The number of rotatable bonds is 3. The van der Waals surface area contributed by atoms with Crippen LogP contribution in [-0.2, 0) is 22.4 Å². The Kier molecular flexibility index (Phi) is 2.98. The zero-order valence-corrected chi connectivity index (χ0v) is 10.8. The predicted molar refractivity (Wildman–Crippen MR) is 70.9 cm³/mol. The number of para-hydroxylation sites is 1. The molecule has 2 aliphatic heterocycles. The molecule has 0 aromatic heterocycles. The van der Waals surface area contributed by atoms with Crippen LogP contribution < -0.4 is 4.90 Å². The SMILES string of the molecule is CC(=O)OCCC1CCc2cccc3c2N1CC3. The molecule has 3 rings (SSSR count). The number of anilines is 1. The van der Waals surface area contributed by atoms with E-state index in [2.05, 4.69) is 23.1 Å². The van der Waals surface area contributed by atoms with Crippen molar-refractivity contribution in [1.82, 2.24) is 0 Å². The number of esters is 1. The van der Waals surface area contributed by atoms with Crippen LogP contribution in [-0.4, -0.2) is 25.2 Å². The Bertz CT molecular complexity index is 470. The summed E-state index contributed by atoms with van der Waals surface area (Å²) in [6, 6.07) is 7.21. The van der Waals surface area contributed by atoms with E-state index in [9.17, 15) is 4.79 Å². The molecule has 0 fully saturated rings. The number of hydrogen-bond acceptors (Lipinski definition) is 3. The van der Waals surface area contributed by atoms with E-state index < -0.39 is 0 Å². The summed E-state index contributed by atoms with van der Waals surface area (Å²) in [5, 5.41) is 0. The van der Waals surface area contributed by atoms with Crippen molar-refractivity contribution in [2.24, 2.45) is 0 Å². The lowest BCUT2D eigenvalue weighted by molar-refractivity contribution is -0.141. The molecular weight excluding hydrogens is 226 g/mol. The summed E-state index contributed by atoms with van der Waals surface area (Å²) in [5.74, 6) is -0.173. The molecule has 1 aromatic rings. The number of nitrogens with zero attached hydrogens (tertiary/aromatic N) is 1. The Labute approximate surface area is 108 Å². The van der Waals surface area contributed by atoms with E-state index in [0.29, 0.717) is 12.6 Å². The van der Waals surface area contributed by atoms with Crippen molar-refractivity contribution in [2.45, 2.75) is 38.6 Å². The van der Waals surface area contributed by atoms with E-state index in [1.54, 1.807) is 0 Å². The Morgan fingerprint density at radius 1 is 1.39 bits per heavy atom. The van der Waals surface area contributed by atoms with Gasteiger partial charge in [0.2, 0.25) is 0 Å². The van der Waals surface area contributed by atoms with Gasteiger partial charge in [-0.3, -0.25) is 4.79 Å². The van der Waals surface area contributed by atoms with E-state index in [0.717, 1.165) is 25.8 Å². The molecule has 1 atom stereocenters. The van der Waals surface area contributed by atoms with Crippen LogP contribution in [0.2, 0.25) is 0 Å². The van der Waals surface area contributed by atoms with Crippen LogP contribution in [0.3, 0.4) is 0 Å². The van der Waals surface area contributed by atoms with Crippen LogP contribution in [0, 0.1) is 0 Å². The number of carbonyl (C=O) groups is 1. The quantitative estimate of drug-likeness (QED) is 0.765. The van der Waals surface area contributed by atoms with Gasteiger partial charge in [0, 0.05) is 31.6 Å². The number of carbonyl (C=O) groups excluding carboxylic acids is 1. The van der Waals surface area contributed by atoms with E-state index in [1.807, 2.05) is 0 Å². The molecule has 1 unspecified atom stereocenters. The highest BCUT2D eigenvalue weighted by Crippen LogP contribution is 2.39.